The molecular formula is C13H13F3N2O2. The van der Waals surface area contributed by atoms with Crippen molar-refractivity contribution in [2.75, 3.05) is 6.54 Å². The summed E-state index contributed by atoms with van der Waals surface area (Å²) in [5, 5.41) is 3.45. The normalized spacial score (nSPS) is 11.6. The molecule has 1 heterocycles. The van der Waals surface area contributed by atoms with Crippen molar-refractivity contribution >= 4 is 0 Å². The van der Waals surface area contributed by atoms with E-state index in [1.165, 1.54) is 18.3 Å². The van der Waals surface area contributed by atoms with E-state index in [1.807, 2.05) is 0 Å². The first-order valence-electron chi connectivity index (χ1n) is 5.93. The van der Waals surface area contributed by atoms with Crippen LogP contribution in [0.15, 0.2) is 35.0 Å². The zero-order chi connectivity index (χ0) is 14.6. The molecule has 0 aliphatic heterocycles. The number of ether oxygens (including phenoxy) is 1. The average Bonchev–Trinajstić information content (AvgIpc) is 2.89. The van der Waals surface area contributed by atoms with Crippen LogP contribution in [0.4, 0.5) is 13.2 Å². The van der Waals surface area contributed by atoms with Crippen LogP contribution in [0, 0.1) is 0 Å². The van der Waals surface area contributed by atoms with E-state index in [-0.39, 0.29) is 18.9 Å². The molecule has 0 unspecified atom stereocenters. The van der Waals surface area contributed by atoms with Crippen molar-refractivity contribution in [1.82, 2.24) is 5.16 Å². The van der Waals surface area contributed by atoms with Gasteiger partial charge in [0.1, 0.15) is 12.4 Å². The number of hydrogen-bond acceptors (Lipinski definition) is 4. The zero-order valence-corrected chi connectivity index (χ0v) is 10.5. The number of halogens is 3. The maximum atomic E-state index is 13.0. The summed E-state index contributed by atoms with van der Waals surface area (Å²) in [4.78, 5) is 0. The molecule has 0 aliphatic rings. The fourth-order valence-electron chi connectivity index (χ4n) is 1.71. The van der Waals surface area contributed by atoms with Gasteiger partial charge in [0, 0.05) is 6.07 Å². The standard InChI is InChI=1S/C13H13F3N2O2/c14-13(15,16)11-7-9(3-5-17)1-2-12(11)19-8-10-4-6-18-20-10/h1-2,4,6-7H,3,5,8,17H2. The lowest BCUT2D eigenvalue weighted by atomic mass is 10.1. The van der Waals surface area contributed by atoms with Crippen LogP contribution in [0.3, 0.4) is 0 Å². The van der Waals surface area contributed by atoms with Gasteiger partial charge in [0.15, 0.2) is 5.76 Å². The van der Waals surface area contributed by atoms with Crippen LogP contribution in [0.25, 0.3) is 0 Å². The van der Waals surface area contributed by atoms with Crippen molar-refractivity contribution in [3.8, 4) is 5.75 Å². The Bertz CT molecular complexity index is 553. The summed E-state index contributed by atoms with van der Waals surface area (Å²) in [6, 6.07) is 5.45. The van der Waals surface area contributed by atoms with Gasteiger partial charge in [0.05, 0.1) is 11.8 Å². The first-order valence-corrected chi connectivity index (χ1v) is 5.93. The molecule has 20 heavy (non-hydrogen) atoms. The number of nitrogens with two attached hydrogens (primary N) is 1. The van der Waals surface area contributed by atoms with Gasteiger partial charge in [-0.05, 0) is 30.7 Å². The molecule has 2 rings (SSSR count). The molecule has 0 saturated carbocycles. The highest BCUT2D eigenvalue weighted by Crippen LogP contribution is 2.37. The van der Waals surface area contributed by atoms with Gasteiger partial charge < -0.3 is 15.0 Å². The van der Waals surface area contributed by atoms with Gasteiger partial charge in [0.2, 0.25) is 0 Å². The molecule has 2 N–H and O–H groups in total. The first kappa shape index (κ1) is 14.4. The maximum absolute atomic E-state index is 13.0. The number of benzene rings is 1. The molecule has 1 aromatic heterocycles. The van der Waals surface area contributed by atoms with Crippen molar-refractivity contribution in [3.05, 3.63) is 47.3 Å². The highest BCUT2D eigenvalue weighted by molar-refractivity contribution is 5.39. The van der Waals surface area contributed by atoms with E-state index in [2.05, 4.69) is 5.16 Å². The van der Waals surface area contributed by atoms with Crippen molar-refractivity contribution in [3.63, 3.8) is 0 Å². The zero-order valence-electron chi connectivity index (χ0n) is 10.5. The van der Waals surface area contributed by atoms with E-state index in [0.717, 1.165) is 6.07 Å². The monoisotopic (exact) mass is 286 g/mol. The fraction of sp³-hybridized carbons (Fsp3) is 0.308. The van der Waals surface area contributed by atoms with Crippen LogP contribution in [0.2, 0.25) is 0 Å². The van der Waals surface area contributed by atoms with Gasteiger partial charge in [-0.3, -0.25) is 0 Å². The third-order valence-corrected chi connectivity index (χ3v) is 2.64. The first-order chi connectivity index (χ1) is 9.50. The molecule has 0 amide bonds. The number of aromatic nitrogens is 1. The molecule has 4 nitrogen and oxygen atoms in total. The van der Waals surface area contributed by atoms with Gasteiger partial charge in [-0.2, -0.15) is 13.2 Å². The lowest BCUT2D eigenvalue weighted by Crippen LogP contribution is -2.11. The van der Waals surface area contributed by atoms with Crippen molar-refractivity contribution < 1.29 is 22.4 Å². The molecule has 1 aromatic carbocycles. The summed E-state index contributed by atoms with van der Waals surface area (Å²) < 4.78 is 48.9. The van der Waals surface area contributed by atoms with E-state index in [1.54, 1.807) is 6.07 Å². The Kier molecular flexibility index (Phi) is 4.29. The van der Waals surface area contributed by atoms with Crippen molar-refractivity contribution in [2.45, 2.75) is 19.2 Å². The number of alkyl halides is 3. The SMILES string of the molecule is NCCc1ccc(OCc2ccno2)c(C(F)(F)F)c1. The van der Waals surface area contributed by atoms with E-state index in [0.29, 0.717) is 17.7 Å². The van der Waals surface area contributed by atoms with Crippen LogP contribution in [-0.2, 0) is 19.2 Å². The smallest absolute Gasteiger partial charge is 0.419 e. The topological polar surface area (TPSA) is 61.3 Å². The molecule has 0 bridgehead atoms. The van der Waals surface area contributed by atoms with Crippen LogP contribution in [-0.4, -0.2) is 11.7 Å². The molecule has 108 valence electrons. The van der Waals surface area contributed by atoms with E-state index >= 15 is 0 Å². The average molecular weight is 286 g/mol. The van der Waals surface area contributed by atoms with E-state index < -0.39 is 11.7 Å². The van der Waals surface area contributed by atoms with Gasteiger partial charge in [-0.1, -0.05) is 11.2 Å². The molecule has 0 atom stereocenters. The Labute approximate surface area is 113 Å². The molecule has 0 spiro atoms. The Morgan fingerprint density at radius 3 is 2.65 bits per heavy atom. The van der Waals surface area contributed by atoms with Gasteiger partial charge in [0.25, 0.3) is 0 Å². The van der Waals surface area contributed by atoms with Crippen LogP contribution >= 0.6 is 0 Å². The quantitative estimate of drug-likeness (QED) is 0.918. The fourth-order valence-corrected chi connectivity index (χ4v) is 1.71. The Hall–Kier alpha value is -2.02. The molecule has 0 saturated heterocycles. The molecule has 2 aromatic rings. The third kappa shape index (κ3) is 3.51. The highest BCUT2D eigenvalue weighted by atomic mass is 19.4. The predicted molar refractivity (Wildman–Crippen MR) is 65.0 cm³/mol. The summed E-state index contributed by atoms with van der Waals surface area (Å²) in [5.41, 5.74) is 5.05. The minimum absolute atomic E-state index is 0.112. The summed E-state index contributed by atoms with van der Waals surface area (Å²) >= 11 is 0. The van der Waals surface area contributed by atoms with Gasteiger partial charge in [-0.15, -0.1) is 0 Å². The highest BCUT2D eigenvalue weighted by Gasteiger charge is 2.34. The van der Waals surface area contributed by atoms with E-state index in [9.17, 15) is 13.2 Å². The van der Waals surface area contributed by atoms with Gasteiger partial charge >= 0.3 is 6.18 Å². The molecule has 0 aliphatic carbocycles. The Balaban J connectivity index is 2.22. The lowest BCUT2D eigenvalue weighted by molar-refractivity contribution is -0.139. The molecule has 0 fully saturated rings. The summed E-state index contributed by atoms with van der Waals surface area (Å²) in [6.07, 6.45) is -2.71. The predicted octanol–water partition coefficient (Wildman–Crippen LogP) is 2.77. The Morgan fingerprint density at radius 1 is 1.25 bits per heavy atom. The summed E-state index contributed by atoms with van der Waals surface area (Å²) in [6.45, 7) is 0.175. The maximum Gasteiger partial charge on any atom is 0.419 e. The molecule has 0 radical (unpaired) electrons. The molecule has 7 heteroatoms. The second-order valence-electron chi connectivity index (χ2n) is 4.13. The minimum Gasteiger partial charge on any atom is -0.485 e. The molecular weight excluding hydrogens is 273 g/mol. The van der Waals surface area contributed by atoms with Crippen molar-refractivity contribution in [2.24, 2.45) is 5.73 Å². The van der Waals surface area contributed by atoms with Crippen LogP contribution in [0.1, 0.15) is 16.9 Å². The second kappa shape index (κ2) is 5.96. The second-order valence-corrected chi connectivity index (χ2v) is 4.13. The minimum atomic E-state index is -4.48. The third-order valence-electron chi connectivity index (χ3n) is 2.64. The summed E-state index contributed by atoms with van der Waals surface area (Å²) in [7, 11) is 0. The van der Waals surface area contributed by atoms with Crippen LogP contribution in [0.5, 0.6) is 5.75 Å². The van der Waals surface area contributed by atoms with Crippen molar-refractivity contribution in [1.29, 1.82) is 0 Å². The number of nitrogens with zero attached hydrogens (tertiary/aromatic N) is 1. The lowest BCUT2D eigenvalue weighted by Gasteiger charge is -2.14. The van der Waals surface area contributed by atoms with E-state index in [4.69, 9.17) is 15.0 Å². The largest absolute Gasteiger partial charge is 0.485 e. The Morgan fingerprint density at radius 2 is 2.05 bits per heavy atom. The summed E-state index contributed by atoms with van der Waals surface area (Å²) in [5.74, 6) is 0.110. The number of rotatable bonds is 5. The number of hydrogen-bond donors (Lipinski definition) is 1. The van der Waals surface area contributed by atoms with Gasteiger partial charge in [-0.25, -0.2) is 0 Å². The van der Waals surface area contributed by atoms with Crippen LogP contribution < -0.4 is 10.5 Å².